The predicted octanol–water partition coefficient (Wildman–Crippen LogP) is 8.22. The van der Waals surface area contributed by atoms with E-state index in [1.165, 1.54) is 0 Å². The van der Waals surface area contributed by atoms with Crippen LogP contribution in [0.3, 0.4) is 0 Å². The molecule has 206 valence electrons. The van der Waals surface area contributed by atoms with E-state index in [0.717, 1.165) is 38.5 Å². The van der Waals surface area contributed by atoms with Crippen molar-refractivity contribution in [3.8, 4) is 6.07 Å². The molecule has 0 aromatic carbocycles. The number of ketones is 2. The number of rotatable bonds is 8. The lowest BCUT2D eigenvalue weighted by molar-refractivity contribution is -0.175. The van der Waals surface area contributed by atoms with E-state index in [0.29, 0.717) is 19.3 Å². The van der Waals surface area contributed by atoms with E-state index >= 15 is 0 Å². The SMILES string of the molecule is CCC(C)(C)CC[C@@](C)(CC[C@]1(C)CC(=O)C[C@@H]2[C@@]3(C)C=C(C#N)C(=O)C(C)(C)[C@@H]3CC[C@]21C)C(=O)Cl. The van der Waals surface area contributed by atoms with Gasteiger partial charge < -0.3 is 0 Å². The number of hydrogen-bond acceptors (Lipinski definition) is 4. The molecule has 0 heterocycles. The van der Waals surface area contributed by atoms with Crippen LogP contribution in [0.4, 0.5) is 0 Å². The van der Waals surface area contributed by atoms with Gasteiger partial charge in [-0.3, -0.25) is 14.4 Å². The van der Waals surface area contributed by atoms with E-state index in [9.17, 15) is 19.6 Å². The van der Waals surface area contributed by atoms with Crippen LogP contribution in [0, 0.1) is 55.7 Å². The molecule has 0 amide bonds. The van der Waals surface area contributed by atoms with Gasteiger partial charge >= 0.3 is 0 Å². The number of carbonyl (C=O) groups excluding carboxylic acids is 3. The van der Waals surface area contributed by atoms with Crippen molar-refractivity contribution >= 4 is 28.4 Å². The Bertz CT molecular complexity index is 1050. The van der Waals surface area contributed by atoms with Crippen LogP contribution in [0.5, 0.6) is 0 Å². The first-order chi connectivity index (χ1) is 16.8. The molecule has 5 heteroatoms. The number of halogens is 1. The zero-order chi connectivity index (χ0) is 28.2. The molecule has 0 bridgehead atoms. The van der Waals surface area contributed by atoms with Crippen molar-refractivity contribution in [3.05, 3.63) is 11.6 Å². The summed E-state index contributed by atoms with van der Waals surface area (Å²) >= 11 is 6.24. The summed E-state index contributed by atoms with van der Waals surface area (Å²) in [5, 5.41) is 9.53. The van der Waals surface area contributed by atoms with Gasteiger partial charge in [0, 0.05) is 23.7 Å². The lowest BCUT2D eigenvalue weighted by atomic mass is 9.37. The van der Waals surface area contributed by atoms with E-state index in [2.05, 4.69) is 47.6 Å². The number of nitrogens with zero attached hydrogens (tertiary/aromatic N) is 1. The minimum atomic E-state index is -0.636. The number of hydrogen-bond donors (Lipinski definition) is 0. The fourth-order valence-corrected chi connectivity index (χ4v) is 8.49. The molecule has 6 atom stereocenters. The molecule has 4 nitrogen and oxygen atoms in total. The molecular formula is C32H48ClNO3. The lowest BCUT2D eigenvalue weighted by Crippen LogP contribution is -2.62. The second kappa shape index (κ2) is 9.62. The van der Waals surface area contributed by atoms with Crippen LogP contribution in [-0.4, -0.2) is 16.8 Å². The maximum absolute atomic E-state index is 13.4. The summed E-state index contributed by atoms with van der Waals surface area (Å²) in [5.74, 6) is 0.304. The summed E-state index contributed by atoms with van der Waals surface area (Å²) in [4.78, 5) is 39.2. The highest BCUT2D eigenvalue weighted by Crippen LogP contribution is 2.70. The van der Waals surface area contributed by atoms with Crippen molar-refractivity contribution in [2.24, 2.45) is 44.3 Å². The number of fused-ring (bicyclic) bond motifs is 3. The molecule has 0 saturated heterocycles. The Morgan fingerprint density at radius 2 is 1.70 bits per heavy atom. The Morgan fingerprint density at radius 1 is 1.08 bits per heavy atom. The van der Waals surface area contributed by atoms with Crippen LogP contribution in [0.25, 0.3) is 0 Å². The summed E-state index contributed by atoms with van der Waals surface area (Å²) in [6.45, 7) is 19.3. The fourth-order valence-electron chi connectivity index (χ4n) is 8.31. The molecule has 37 heavy (non-hydrogen) atoms. The maximum atomic E-state index is 13.4. The van der Waals surface area contributed by atoms with Gasteiger partial charge in [-0.15, -0.1) is 0 Å². The zero-order valence-corrected chi connectivity index (χ0v) is 25.4. The van der Waals surface area contributed by atoms with Gasteiger partial charge in [0.05, 0.1) is 5.57 Å². The summed E-state index contributed by atoms with van der Waals surface area (Å²) in [6.07, 6.45) is 8.85. The maximum Gasteiger partial charge on any atom is 0.227 e. The Hall–Kier alpha value is -1.47. The van der Waals surface area contributed by atoms with E-state index in [1.807, 2.05) is 26.8 Å². The molecule has 0 aromatic rings. The van der Waals surface area contributed by atoms with Crippen molar-refractivity contribution in [2.45, 2.75) is 120 Å². The smallest absolute Gasteiger partial charge is 0.227 e. The quantitative estimate of drug-likeness (QED) is 0.297. The van der Waals surface area contributed by atoms with Crippen molar-refractivity contribution in [2.75, 3.05) is 0 Å². The molecular weight excluding hydrogens is 482 g/mol. The normalized spacial score (nSPS) is 37.1. The van der Waals surface area contributed by atoms with E-state index in [1.54, 1.807) is 0 Å². The predicted molar refractivity (Wildman–Crippen MR) is 149 cm³/mol. The number of Topliss-reactive ketones (excluding diaryl/α,β-unsaturated/α-hetero) is 2. The first-order valence-electron chi connectivity index (χ1n) is 14.2. The van der Waals surface area contributed by atoms with E-state index < -0.39 is 16.2 Å². The molecule has 3 aliphatic carbocycles. The summed E-state index contributed by atoms with van der Waals surface area (Å²) in [6, 6.07) is 2.17. The van der Waals surface area contributed by atoms with Crippen molar-refractivity contribution in [1.82, 2.24) is 0 Å². The average Bonchev–Trinajstić information content (AvgIpc) is 2.80. The van der Waals surface area contributed by atoms with Gasteiger partial charge in [0.25, 0.3) is 0 Å². The third-order valence-corrected chi connectivity index (χ3v) is 12.4. The Kier molecular flexibility index (Phi) is 7.82. The Balaban J connectivity index is 1.99. The largest absolute Gasteiger partial charge is 0.300 e. The minimum Gasteiger partial charge on any atom is -0.300 e. The molecule has 3 rings (SSSR count). The molecule has 0 aliphatic heterocycles. The van der Waals surface area contributed by atoms with Crippen LogP contribution < -0.4 is 0 Å². The van der Waals surface area contributed by atoms with Crippen LogP contribution in [-0.2, 0) is 14.4 Å². The second-order valence-electron chi connectivity index (χ2n) is 15.0. The van der Waals surface area contributed by atoms with Gasteiger partial charge in [0.15, 0.2) is 5.78 Å². The third kappa shape index (κ3) is 4.88. The van der Waals surface area contributed by atoms with Crippen molar-refractivity contribution < 1.29 is 14.4 Å². The van der Waals surface area contributed by atoms with Crippen LogP contribution in [0.15, 0.2) is 11.6 Å². The Labute approximate surface area is 230 Å². The first-order valence-corrected chi connectivity index (χ1v) is 14.6. The first kappa shape index (κ1) is 30.1. The second-order valence-corrected chi connectivity index (χ2v) is 15.3. The molecule has 0 unspecified atom stereocenters. The standard InChI is InChI=1S/C32H48ClNO3/c1-10-27(2,3)13-14-29(6,26(33)37)15-16-30(7)19-22(35)17-24-31(8)18-21(20-34)25(36)28(4,5)23(31)11-12-32(24,30)9/h18,23-24H,10-17,19H2,1-9H3/t23-,24+,29-,30+,31-,32+/m0/s1. The van der Waals surface area contributed by atoms with E-state index in [4.69, 9.17) is 11.6 Å². The van der Waals surface area contributed by atoms with Gasteiger partial charge in [-0.05, 0) is 83.6 Å². The minimum absolute atomic E-state index is 0.0395. The highest BCUT2D eigenvalue weighted by atomic mass is 35.5. The van der Waals surface area contributed by atoms with Gasteiger partial charge in [0.1, 0.15) is 11.9 Å². The number of nitriles is 1. The number of allylic oxidation sites excluding steroid dienone is 2. The third-order valence-electron chi connectivity index (χ3n) is 11.9. The lowest BCUT2D eigenvalue weighted by Gasteiger charge is -2.66. The summed E-state index contributed by atoms with van der Waals surface area (Å²) < 4.78 is 0. The Morgan fingerprint density at radius 3 is 2.24 bits per heavy atom. The topological polar surface area (TPSA) is 75.0 Å². The van der Waals surface area contributed by atoms with Crippen molar-refractivity contribution in [3.63, 3.8) is 0 Å². The summed E-state index contributed by atoms with van der Waals surface area (Å²) in [7, 11) is 0. The van der Waals surface area contributed by atoms with E-state index in [-0.39, 0.29) is 50.5 Å². The fraction of sp³-hybridized carbons (Fsp3) is 0.812. The molecule has 0 aromatic heterocycles. The van der Waals surface area contributed by atoms with Gasteiger partial charge in [-0.25, -0.2) is 0 Å². The molecule has 0 radical (unpaired) electrons. The monoisotopic (exact) mass is 529 g/mol. The molecule has 2 saturated carbocycles. The van der Waals surface area contributed by atoms with Crippen LogP contribution in [0.1, 0.15) is 120 Å². The van der Waals surface area contributed by atoms with Crippen LogP contribution in [0.2, 0.25) is 0 Å². The summed E-state index contributed by atoms with van der Waals surface area (Å²) in [5.41, 5.74) is -1.73. The van der Waals surface area contributed by atoms with Gasteiger partial charge in [-0.1, -0.05) is 74.8 Å². The highest BCUT2D eigenvalue weighted by molar-refractivity contribution is 6.64. The molecule has 3 aliphatic rings. The zero-order valence-electron chi connectivity index (χ0n) is 24.6. The number of carbonyl (C=O) groups is 3. The highest BCUT2D eigenvalue weighted by Gasteiger charge is 2.66. The molecule has 2 fully saturated rings. The van der Waals surface area contributed by atoms with Crippen LogP contribution >= 0.6 is 11.6 Å². The van der Waals surface area contributed by atoms with Crippen molar-refractivity contribution in [1.29, 1.82) is 5.26 Å². The average molecular weight is 530 g/mol. The van der Waals surface area contributed by atoms with Gasteiger partial charge in [0.2, 0.25) is 5.24 Å². The molecule has 0 N–H and O–H groups in total. The van der Waals surface area contributed by atoms with Gasteiger partial charge in [-0.2, -0.15) is 5.26 Å². The molecule has 0 spiro atoms.